The molecule has 0 spiro atoms. The largest absolute Gasteiger partial charge is 0.465 e. The van der Waals surface area contributed by atoms with Crippen LogP contribution in [-0.2, 0) is 5.41 Å². The zero-order chi connectivity index (χ0) is 19.5. The number of aryl methyl sites for hydroxylation is 1. The highest BCUT2D eigenvalue weighted by Gasteiger charge is 2.29. The van der Waals surface area contributed by atoms with Gasteiger partial charge in [-0.2, -0.15) is 0 Å². The first-order valence-corrected chi connectivity index (χ1v) is 9.90. The van der Waals surface area contributed by atoms with E-state index in [9.17, 15) is 0 Å². The SMILES string of the molecule is Cc1ccc2c(c1)OC(c1ccccc1)n1c-2cc2cc(C(C)(C)C)ccc21. The average Bonchev–Trinajstić information content (AvgIpc) is 3.06. The summed E-state index contributed by atoms with van der Waals surface area (Å²) in [6.07, 6.45) is -0.163. The first-order chi connectivity index (χ1) is 13.4. The Balaban J connectivity index is 1.80. The fraction of sp³-hybridized carbons (Fsp3) is 0.231. The minimum absolute atomic E-state index is 0.126. The van der Waals surface area contributed by atoms with Crippen molar-refractivity contribution in [2.75, 3.05) is 0 Å². The fourth-order valence-electron chi connectivity index (χ4n) is 4.11. The molecule has 0 amide bonds. The Morgan fingerprint density at radius 3 is 2.39 bits per heavy atom. The summed E-state index contributed by atoms with van der Waals surface area (Å²) in [6, 6.07) is 26.1. The lowest BCUT2D eigenvalue weighted by Gasteiger charge is -2.30. The third kappa shape index (κ3) is 2.63. The van der Waals surface area contributed by atoms with Gasteiger partial charge in [0.25, 0.3) is 0 Å². The predicted octanol–water partition coefficient (Wildman–Crippen LogP) is 6.85. The number of rotatable bonds is 1. The number of nitrogens with zero attached hydrogens (tertiary/aromatic N) is 1. The molecule has 2 heterocycles. The number of aromatic nitrogens is 1. The summed E-state index contributed by atoms with van der Waals surface area (Å²) < 4.78 is 8.89. The lowest BCUT2D eigenvalue weighted by Crippen LogP contribution is -2.22. The highest BCUT2D eigenvalue weighted by Crippen LogP contribution is 2.44. The molecule has 1 aromatic heterocycles. The molecule has 4 aromatic rings. The molecule has 140 valence electrons. The van der Waals surface area contributed by atoms with Gasteiger partial charge in [0.1, 0.15) is 5.75 Å². The lowest BCUT2D eigenvalue weighted by atomic mass is 9.86. The lowest BCUT2D eigenvalue weighted by molar-refractivity contribution is 0.173. The van der Waals surface area contributed by atoms with Gasteiger partial charge in [0.05, 0.1) is 11.2 Å². The molecule has 0 saturated carbocycles. The number of benzene rings is 3. The number of hydrogen-bond acceptors (Lipinski definition) is 1. The van der Waals surface area contributed by atoms with Crippen molar-refractivity contribution >= 4 is 10.9 Å². The van der Waals surface area contributed by atoms with Crippen LogP contribution in [0.4, 0.5) is 0 Å². The Bertz CT molecular complexity index is 1180. The topological polar surface area (TPSA) is 14.2 Å². The summed E-state index contributed by atoms with van der Waals surface area (Å²) in [5.74, 6) is 0.959. The fourth-order valence-corrected chi connectivity index (χ4v) is 4.11. The van der Waals surface area contributed by atoms with Crippen LogP contribution in [0.5, 0.6) is 5.75 Å². The van der Waals surface area contributed by atoms with E-state index in [0.717, 1.165) is 16.9 Å². The van der Waals surface area contributed by atoms with Crippen molar-refractivity contribution in [2.24, 2.45) is 0 Å². The number of hydrogen-bond donors (Lipinski definition) is 0. The summed E-state index contributed by atoms with van der Waals surface area (Å²) in [5.41, 5.74) is 7.44. The Morgan fingerprint density at radius 1 is 0.857 bits per heavy atom. The normalized spacial score (nSPS) is 15.8. The molecule has 1 aliphatic heterocycles. The Kier molecular flexibility index (Phi) is 3.67. The minimum atomic E-state index is -0.163. The van der Waals surface area contributed by atoms with Gasteiger partial charge in [-0.1, -0.05) is 63.2 Å². The Labute approximate surface area is 166 Å². The van der Waals surface area contributed by atoms with Gasteiger partial charge in [-0.3, -0.25) is 0 Å². The van der Waals surface area contributed by atoms with E-state index in [2.05, 4.69) is 105 Å². The number of ether oxygens (including phenoxy) is 1. The van der Waals surface area contributed by atoms with Crippen molar-refractivity contribution in [1.29, 1.82) is 0 Å². The third-order valence-corrected chi connectivity index (χ3v) is 5.68. The van der Waals surface area contributed by atoms with Crippen molar-refractivity contribution in [3.05, 3.63) is 89.5 Å². The molecule has 0 fully saturated rings. The summed E-state index contributed by atoms with van der Waals surface area (Å²) in [6.45, 7) is 8.90. The summed E-state index contributed by atoms with van der Waals surface area (Å²) in [5, 5.41) is 1.26. The van der Waals surface area contributed by atoms with Gasteiger partial charge >= 0.3 is 0 Å². The molecule has 1 atom stereocenters. The van der Waals surface area contributed by atoms with Gasteiger partial charge in [-0.15, -0.1) is 0 Å². The van der Waals surface area contributed by atoms with E-state index in [-0.39, 0.29) is 11.6 Å². The second-order valence-electron chi connectivity index (χ2n) is 8.80. The third-order valence-electron chi connectivity index (χ3n) is 5.68. The van der Waals surface area contributed by atoms with E-state index in [0.29, 0.717) is 0 Å². The quantitative estimate of drug-likeness (QED) is 0.359. The molecule has 1 unspecified atom stereocenters. The maximum Gasteiger partial charge on any atom is 0.203 e. The highest BCUT2D eigenvalue weighted by atomic mass is 16.5. The minimum Gasteiger partial charge on any atom is -0.465 e. The molecule has 0 bridgehead atoms. The van der Waals surface area contributed by atoms with Crippen molar-refractivity contribution in [2.45, 2.75) is 39.3 Å². The molecule has 0 radical (unpaired) electrons. The van der Waals surface area contributed by atoms with E-state index in [1.807, 2.05) is 0 Å². The van der Waals surface area contributed by atoms with Gasteiger partial charge < -0.3 is 9.30 Å². The van der Waals surface area contributed by atoms with Crippen LogP contribution in [-0.4, -0.2) is 4.57 Å². The van der Waals surface area contributed by atoms with Crippen LogP contribution in [0.1, 0.15) is 43.7 Å². The maximum atomic E-state index is 6.55. The average molecular weight is 367 g/mol. The molecule has 0 aliphatic carbocycles. The van der Waals surface area contributed by atoms with Crippen LogP contribution in [0, 0.1) is 6.92 Å². The predicted molar refractivity (Wildman–Crippen MR) is 116 cm³/mol. The van der Waals surface area contributed by atoms with E-state index >= 15 is 0 Å². The molecule has 0 N–H and O–H groups in total. The summed E-state index contributed by atoms with van der Waals surface area (Å²) in [7, 11) is 0. The molecular formula is C26H25NO. The van der Waals surface area contributed by atoms with Crippen LogP contribution < -0.4 is 4.74 Å². The smallest absolute Gasteiger partial charge is 0.203 e. The molecule has 2 nitrogen and oxygen atoms in total. The Morgan fingerprint density at radius 2 is 1.64 bits per heavy atom. The van der Waals surface area contributed by atoms with Crippen LogP contribution in [0.2, 0.25) is 0 Å². The second-order valence-corrected chi connectivity index (χ2v) is 8.80. The molecule has 28 heavy (non-hydrogen) atoms. The van der Waals surface area contributed by atoms with Crippen molar-refractivity contribution < 1.29 is 4.74 Å². The van der Waals surface area contributed by atoms with Gasteiger partial charge in [0.2, 0.25) is 6.23 Å². The molecule has 0 saturated heterocycles. The van der Waals surface area contributed by atoms with Gasteiger partial charge in [0, 0.05) is 16.5 Å². The standard InChI is InChI=1S/C26H25NO/c1-17-10-12-21-23-16-19-15-20(26(2,3)4)11-13-22(19)27(23)25(28-24(21)14-17)18-8-6-5-7-9-18/h5-16,25H,1-4H3. The van der Waals surface area contributed by atoms with Crippen molar-refractivity contribution in [3.8, 4) is 17.0 Å². The van der Waals surface area contributed by atoms with Crippen LogP contribution in [0.15, 0.2) is 72.8 Å². The second kappa shape index (κ2) is 6.00. The summed E-state index contributed by atoms with van der Waals surface area (Å²) in [4.78, 5) is 0. The molecule has 3 aromatic carbocycles. The maximum absolute atomic E-state index is 6.55. The van der Waals surface area contributed by atoms with Gasteiger partial charge in [-0.25, -0.2) is 0 Å². The number of fused-ring (bicyclic) bond motifs is 5. The van der Waals surface area contributed by atoms with E-state index in [1.165, 1.54) is 27.7 Å². The highest BCUT2D eigenvalue weighted by molar-refractivity contribution is 5.90. The van der Waals surface area contributed by atoms with Gasteiger partial charge in [-0.05, 0) is 53.8 Å². The van der Waals surface area contributed by atoms with Gasteiger partial charge in [0.15, 0.2) is 0 Å². The van der Waals surface area contributed by atoms with Crippen LogP contribution in [0.3, 0.4) is 0 Å². The summed E-state index contributed by atoms with van der Waals surface area (Å²) >= 11 is 0. The van der Waals surface area contributed by atoms with Crippen LogP contribution in [0.25, 0.3) is 22.2 Å². The first-order valence-electron chi connectivity index (χ1n) is 9.90. The van der Waals surface area contributed by atoms with E-state index in [4.69, 9.17) is 4.74 Å². The molecule has 1 aliphatic rings. The van der Waals surface area contributed by atoms with Crippen molar-refractivity contribution in [1.82, 2.24) is 4.57 Å². The zero-order valence-corrected chi connectivity index (χ0v) is 16.9. The zero-order valence-electron chi connectivity index (χ0n) is 16.9. The van der Waals surface area contributed by atoms with Crippen molar-refractivity contribution in [3.63, 3.8) is 0 Å². The van der Waals surface area contributed by atoms with E-state index < -0.39 is 0 Å². The van der Waals surface area contributed by atoms with E-state index in [1.54, 1.807) is 0 Å². The molecular weight excluding hydrogens is 342 g/mol. The molecule has 2 heteroatoms. The molecule has 5 rings (SSSR count). The Hall–Kier alpha value is -3.00. The monoisotopic (exact) mass is 367 g/mol. The van der Waals surface area contributed by atoms with Crippen LogP contribution >= 0.6 is 0 Å². The first kappa shape index (κ1) is 17.1.